The molecule has 96 valence electrons. The van der Waals surface area contributed by atoms with Gasteiger partial charge in [-0.2, -0.15) is 0 Å². The standard InChI is InChI=1S/C14H21BrOS/c1-11(2)4-3-5-13(16)10-17-14-8-6-12(15)7-9-14/h6-9,11,13,16H,3-5,10H2,1-2H3. The van der Waals surface area contributed by atoms with Crippen LogP contribution in [0.1, 0.15) is 33.1 Å². The Bertz CT molecular complexity index is 311. The molecule has 0 aliphatic heterocycles. The highest BCUT2D eigenvalue weighted by molar-refractivity contribution is 9.10. The summed E-state index contributed by atoms with van der Waals surface area (Å²) in [4.78, 5) is 1.22. The molecule has 0 aliphatic rings. The molecular weight excluding hydrogens is 296 g/mol. The third kappa shape index (κ3) is 7.12. The Balaban J connectivity index is 2.19. The lowest BCUT2D eigenvalue weighted by Gasteiger charge is -2.11. The first kappa shape index (κ1) is 15.1. The van der Waals surface area contributed by atoms with Crippen molar-refractivity contribution in [2.24, 2.45) is 5.92 Å². The van der Waals surface area contributed by atoms with Crippen LogP contribution in [0, 0.1) is 5.92 Å². The highest BCUT2D eigenvalue weighted by Crippen LogP contribution is 2.22. The first-order valence-electron chi connectivity index (χ1n) is 6.14. The summed E-state index contributed by atoms with van der Waals surface area (Å²) in [6, 6.07) is 8.23. The van der Waals surface area contributed by atoms with Crippen molar-refractivity contribution in [2.75, 3.05) is 5.75 Å². The van der Waals surface area contributed by atoms with E-state index in [1.54, 1.807) is 11.8 Å². The van der Waals surface area contributed by atoms with Crippen LogP contribution >= 0.6 is 27.7 Å². The van der Waals surface area contributed by atoms with Gasteiger partial charge in [-0.15, -0.1) is 11.8 Å². The van der Waals surface area contributed by atoms with Gasteiger partial charge in [0.05, 0.1) is 6.10 Å². The van der Waals surface area contributed by atoms with Crippen molar-refractivity contribution in [3.63, 3.8) is 0 Å². The van der Waals surface area contributed by atoms with Gasteiger partial charge < -0.3 is 5.11 Å². The number of halogens is 1. The van der Waals surface area contributed by atoms with Gasteiger partial charge in [-0.3, -0.25) is 0 Å². The molecule has 1 unspecified atom stereocenters. The molecule has 0 bridgehead atoms. The first-order chi connectivity index (χ1) is 8.08. The van der Waals surface area contributed by atoms with Crippen molar-refractivity contribution in [1.29, 1.82) is 0 Å². The smallest absolute Gasteiger partial charge is 0.0634 e. The van der Waals surface area contributed by atoms with Crippen LogP contribution in [0.25, 0.3) is 0 Å². The van der Waals surface area contributed by atoms with Crippen molar-refractivity contribution in [3.05, 3.63) is 28.7 Å². The van der Waals surface area contributed by atoms with E-state index in [0.717, 1.165) is 29.0 Å². The average Bonchev–Trinajstić information content (AvgIpc) is 2.28. The zero-order chi connectivity index (χ0) is 12.7. The third-order valence-corrected chi connectivity index (χ3v) is 4.26. The maximum atomic E-state index is 9.85. The van der Waals surface area contributed by atoms with E-state index in [1.165, 1.54) is 11.3 Å². The summed E-state index contributed by atoms with van der Waals surface area (Å²) in [5.41, 5.74) is 0. The molecule has 1 nitrogen and oxygen atoms in total. The zero-order valence-corrected chi connectivity index (χ0v) is 12.9. The fourth-order valence-corrected chi connectivity index (χ4v) is 2.71. The Labute approximate surface area is 117 Å². The summed E-state index contributed by atoms with van der Waals surface area (Å²) in [5.74, 6) is 1.53. The summed E-state index contributed by atoms with van der Waals surface area (Å²) >= 11 is 5.14. The quantitative estimate of drug-likeness (QED) is 0.734. The minimum atomic E-state index is -0.178. The average molecular weight is 317 g/mol. The van der Waals surface area contributed by atoms with Crippen LogP contribution in [0.15, 0.2) is 33.6 Å². The normalized spacial score (nSPS) is 13.0. The summed E-state index contributed by atoms with van der Waals surface area (Å²) in [6.45, 7) is 4.45. The van der Waals surface area contributed by atoms with Gasteiger partial charge in [0.1, 0.15) is 0 Å². The molecule has 0 amide bonds. The second kappa shape index (κ2) is 8.17. The second-order valence-electron chi connectivity index (χ2n) is 4.74. The van der Waals surface area contributed by atoms with Gasteiger partial charge in [0.2, 0.25) is 0 Å². The lowest BCUT2D eigenvalue weighted by molar-refractivity contribution is 0.183. The number of thioether (sulfide) groups is 1. The second-order valence-corrected chi connectivity index (χ2v) is 6.75. The van der Waals surface area contributed by atoms with E-state index in [1.807, 2.05) is 12.1 Å². The number of rotatable bonds is 7. The molecule has 17 heavy (non-hydrogen) atoms. The number of aliphatic hydroxyl groups excluding tert-OH is 1. The van der Waals surface area contributed by atoms with Gasteiger partial charge in [-0.25, -0.2) is 0 Å². The van der Waals surface area contributed by atoms with Crippen molar-refractivity contribution in [3.8, 4) is 0 Å². The maximum absolute atomic E-state index is 9.85. The molecule has 0 fully saturated rings. The van der Waals surface area contributed by atoms with E-state index in [2.05, 4.69) is 41.9 Å². The van der Waals surface area contributed by atoms with Crippen molar-refractivity contribution in [1.82, 2.24) is 0 Å². The Morgan fingerprint density at radius 3 is 2.41 bits per heavy atom. The van der Waals surface area contributed by atoms with Gasteiger partial charge in [-0.05, 0) is 36.6 Å². The Kier molecular flexibility index (Phi) is 7.24. The largest absolute Gasteiger partial charge is 0.392 e. The minimum absolute atomic E-state index is 0.178. The number of aliphatic hydroxyl groups is 1. The highest BCUT2D eigenvalue weighted by Gasteiger charge is 2.05. The fourth-order valence-electron chi connectivity index (χ4n) is 1.57. The molecule has 3 heteroatoms. The molecule has 0 heterocycles. The molecule has 0 saturated heterocycles. The summed E-state index contributed by atoms with van der Waals surface area (Å²) in [7, 11) is 0. The molecule has 1 aromatic carbocycles. The van der Waals surface area contributed by atoms with Crippen LogP contribution in [0.5, 0.6) is 0 Å². The lowest BCUT2D eigenvalue weighted by atomic mass is 10.1. The number of benzene rings is 1. The molecule has 1 aromatic rings. The van der Waals surface area contributed by atoms with Crippen LogP contribution in [-0.4, -0.2) is 17.0 Å². The number of hydrogen-bond donors (Lipinski definition) is 1. The van der Waals surface area contributed by atoms with E-state index in [4.69, 9.17) is 0 Å². The van der Waals surface area contributed by atoms with Gasteiger partial charge in [0.15, 0.2) is 0 Å². The minimum Gasteiger partial charge on any atom is -0.392 e. The van der Waals surface area contributed by atoms with Crippen molar-refractivity contribution in [2.45, 2.75) is 44.1 Å². The number of hydrogen-bond acceptors (Lipinski definition) is 2. The Hall–Kier alpha value is 0.01000. The van der Waals surface area contributed by atoms with Gasteiger partial charge >= 0.3 is 0 Å². The third-order valence-electron chi connectivity index (χ3n) is 2.57. The van der Waals surface area contributed by atoms with E-state index in [-0.39, 0.29) is 6.10 Å². The molecule has 0 saturated carbocycles. The molecule has 0 radical (unpaired) electrons. The van der Waals surface area contributed by atoms with E-state index < -0.39 is 0 Å². The lowest BCUT2D eigenvalue weighted by Crippen LogP contribution is -2.09. The summed E-state index contributed by atoms with van der Waals surface area (Å²) < 4.78 is 1.10. The fraction of sp³-hybridized carbons (Fsp3) is 0.571. The van der Waals surface area contributed by atoms with Crippen LogP contribution < -0.4 is 0 Å². The molecule has 0 spiro atoms. The predicted octanol–water partition coefficient (Wildman–Crippen LogP) is 4.73. The molecule has 0 aliphatic carbocycles. The molecule has 1 atom stereocenters. The molecular formula is C14H21BrOS. The first-order valence-corrected chi connectivity index (χ1v) is 7.92. The summed E-state index contributed by atoms with van der Waals surface area (Å²) in [6.07, 6.45) is 3.07. The van der Waals surface area contributed by atoms with Gasteiger partial charge in [0, 0.05) is 15.1 Å². The van der Waals surface area contributed by atoms with Crippen molar-refractivity contribution < 1.29 is 5.11 Å². The van der Waals surface area contributed by atoms with Crippen LogP contribution in [0.3, 0.4) is 0 Å². The Morgan fingerprint density at radius 1 is 1.18 bits per heavy atom. The van der Waals surface area contributed by atoms with Gasteiger partial charge in [-0.1, -0.05) is 42.6 Å². The highest BCUT2D eigenvalue weighted by atomic mass is 79.9. The Morgan fingerprint density at radius 2 is 1.82 bits per heavy atom. The molecule has 1 rings (SSSR count). The predicted molar refractivity (Wildman–Crippen MR) is 79.6 cm³/mol. The molecule has 1 N–H and O–H groups in total. The SMILES string of the molecule is CC(C)CCCC(O)CSc1ccc(Br)cc1. The monoisotopic (exact) mass is 316 g/mol. The van der Waals surface area contributed by atoms with E-state index >= 15 is 0 Å². The van der Waals surface area contributed by atoms with E-state index in [0.29, 0.717) is 0 Å². The summed E-state index contributed by atoms with van der Waals surface area (Å²) in [5, 5.41) is 9.85. The van der Waals surface area contributed by atoms with Crippen molar-refractivity contribution >= 4 is 27.7 Å². The van der Waals surface area contributed by atoms with Gasteiger partial charge in [0.25, 0.3) is 0 Å². The zero-order valence-electron chi connectivity index (χ0n) is 10.5. The maximum Gasteiger partial charge on any atom is 0.0634 e. The van der Waals surface area contributed by atoms with Crippen LogP contribution in [0.2, 0.25) is 0 Å². The molecule has 0 aromatic heterocycles. The van der Waals surface area contributed by atoms with Crippen LogP contribution in [-0.2, 0) is 0 Å². The topological polar surface area (TPSA) is 20.2 Å². The van der Waals surface area contributed by atoms with E-state index in [9.17, 15) is 5.11 Å². The van der Waals surface area contributed by atoms with Crippen LogP contribution in [0.4, 0.5) is 0 Å².